The Balaban J connectivity index is 1.82. The second kappa shape index (κ2) is 5.30. The molecule has 1 unspecified atom stereocenters. The maximum Gasteiger partial charge on any atom is 0.0779 e. The molecule has 0 aliphatic carbocycles. The van der Waals surface area contributed by atoms with E-state index in [-0.39, 0.29) is 5.60 Å². The molecule has 2 rings (SSSR count). The smallest absolute Gasteiger partial charge is 0.0779 e. The van der Waals surface area contributed by atoms with Crippen LogP contribution in [0.2, 0.25) is 0 Å². The van der Waals surface area contributed by atoms with Gasteiger partial charge in [0.05, 0.1) is 5.60 Å². The summed E-state index contributed by atoms with van der Waals surface area (Å²) in [6.45, 7) is 4.91. The summed E-state index contributed by atoms with van der Waals surface area (Å²) in [7, 11) is 0. The highest BCUT2D eigenvalue weighted by molar-refractivity contribution is 9.10. The van der Waals surface area contributed by atoms with Crippen LogP contribution in [-0.4, -0.2) is 18.8 Å². The molecule has 1 aromatic rings. The zero-order chi connectivity index (χ0) is 11.4. The van der Waals surface area contributed by atoms with E-state index in [0.29, 0.717) is 0 Å². The van der Waals surface area contributed by atoms with Gasteiger partial charge in [0.2, 0.25) is 0 Å². The Hall–Kier alpha value is -0.380. The first-order chi connectivity index (χ1) is 7.70. The van der Waals surface area contributed by atoms with Gasteiger partial charge < -0.3 is 10.1 Å². The van der Waals surface area contributed by atoms with E-state index in [2.05, 4.69) is 46.4 Å². The standard InChI is InChI=1S/C13H18BrNO/c1-13(7-4-8-16-13)10-15-9-11-5-2-3-6-12(11)14/h2-3,5-6,15H,4,7-10H2,1H3. The Bertz CT molecular complexity index is 348. The van der Waals surface area contributed by atoms with E-state index < -0.39 is 0 Å². The van der Waals surface area contributed by atoms with Gasteiger partial charge in [0.25, 0.3) is 0 Å². The number of hydrogen-bond acceptors (Lipinski definition) is 2. The minimum atomic E-state index is 0.0429. The van der Waals surface area contributed by atoms with Crippen molar-refractivity contribution in [2.75, 3.05) is 13.2 Å². The van der Waals surface area contributed by atoms with Crippen molar-refractivity contribution in [3.8, 4) is 0 Å². The van der Waals surface area contributed by atoms with Gasteiger partial charge in [-0.05, 0) is 31.4 Å². The van der Waals surface area contributed by atoms with Crippen LogP contribution in [0.5, 0.6) is 0 Å². The molecule has 0 aromatic heterocycles. The SMILES string of the molecule is CC1(CNCc2ccccc2Br)CCCO1. The summed E-state index contributed by atoms with van der Waals surface area (Å²) >= 11 is 3.55. The molecule has 0 radical (unpaired) electrons. The van der Waals surface area contributed by atoms with Gasteiger partial charge in [0, 0.05) is 24.2 Å². The summed E-state index contributed by atoms with van der Waals surface area (Å²) in [5.74, 6) is 0. The molecular formula is C13H18BrNO. The van der Waals surface area contributed by atoms with Crippen LogP contribution in [0.4, 0.5) is 0 Å². The van der Waals surface area contributed by atoms with Crippen LogP contribution < -0.4 is 5.32 Å². The second-order valence-electron chi connectivity index (χ2n) is 4.60. The molecule has 3 heteroatoms. The molecule has 16 heavy (non-hydrogen) atoms. The molecule has 1 aromatic carbocycles. The minimum absolute atomic E-state index is 0.0429. The van der Waals surface area contributed by atoms with Crippen LogP contribution in [0.3, 0.4) is 0 Å². The van der Waals surface area contributed by atoms with E-state index in [0.717, 1.165) is 26.1 Å². The second-order valence-corrected chi connectivity index (χ2v) is 5.45. The Morgan fingerprint density at radius 2 is 2.25 bits per heavy atom. The Morgan fingerprint density at radius 1 is 1.44 bits per heavy atom. The molecule has 0 amide bonds. The maximum atomic E-state index is 5.73. The predicted molar refractivity (Wildman–Crippen MR) is 69.4 cm³/mol. The lowest BCUT2D eigenvalue weighted by Crippen LogP contribution is -2.36. The first kappa shape index (κ1) is 12.1. The average Bonchev–Trinajstić information content (AvgIpc) is 2.68. The van der Waals surface area contributed by atoms with E-state index in [1.807, 2.05) is 6.07 Å². The molecule has 1 fully saturated rings. The molecule has 1 N–H and O–H groups in total. The molecule has 88 valence electrons. The van der Waals surface area contributed by atoms with Crippen LogP contribution in [0.25, 0.3) is 0 Å². The summed E-state index contributed by atoms with van der Waals surface area (Å²) in [4.78, 5) is 0. The predicted octanol–water partition coefficient (Wildman–Crippen LogP) is 3.11. The van der Waals surface area contributed by atoms with Gasteiger partial charge in [-0.1, -0.05) is 34.1 Å². The van der Waals surface area contributed by atoms with E-state index in [9.17, 15) is 0 Å². The lowest BCUT2D eigenvalue weighted by atomic mass is 10.0. The first-order valence-electron chi connectivity index (χ1n) is 5.78. The lowest BCUT2D eigenvalue weighted by Gasteiger charge is -2.23. The molecule has 2 nitrogen and oxygen atoms in total. The third-order valence-corrected chi connectivity index (χ3v) is 3.85. The fourth-order valence-corrected chi connectivity index (χ4v) is 2.50. The van der Waals surface area contributed by atoms with Gasteiger partial charge in [-0.25, -0.2) is 0 Å². The fraction of sp³-hybridized carbons (Fsp3) is 0.538. The van der Waals surface area contributed by atoms with Crippen molar-refractivity contribution < 1.29 is 4.74 Å². The van der Waals surface area contributed by atoms with Crippen LogP contribution in [0, 0.1) is 0 Å². The largest absolute Gasteiger partial charge is 0.374 e. The molecule has 0 spiro atoms. The summed E-state index contributed by atoms with van der Waals surface area (Å²) in [6, 6.07) is 8.31. The van der Waals surface area contributed by atoms with Crippen molar-refractivity contribution in [3.05, 3.63) is 34.3 Å². The van der Waals surface area contributed by atoms with Crippen molar-refractivity contribution in [1.82, 2.24) is 5.32 Å². The van der Waals surface area contributed by atoms with Gasteiger partial charge in [0.15, 0.2) is 0 Å². The zero-order valence-corrected chi connectivity index (χ0v) is 11.2. The number of benzene rings is 1. The van der Waals surface area contributed by atoms with E-state index in [1.54, 1.807) is 0 Å². The van der Waals surface area contributed by atoms with Crippen molar-refractivity contribution in [2.24, 2.45) is 0 Å². The molecule has 1 aliphatic heterocycles. The summed E-state index contributed by atoms with van der Waals surface area (Å²) in [6.07, 6.45) is 2.35. The highest BCUT2D eigenvalue weighted by Gasteiger charge is 2.28. The van der Waals surface area contributed by atoms with Gasteiger partial charge in [-0.2, -0.15) is 0 Å². The number of halogens is 1. The van der Waals surface area contributed by atoms with Crippen LogP contribution >= 0.6 is 15.9 Å². The third-order valence-electron chi connectivity index (χ3n) is 3.07. The monoisotopic (exact) mass is 283 g/mol. The zero-order valence-electron chi connectivity index (χ0n) is 9.63. The van der Waals surface area contributed by atoms with Gasteiger partial charge in [-0.3, -0.25) is 0 Å². The van der Waals surface area contributed by atoms with E-state index >= 15 is 0 Å². The molecule has 1 atom stereocenters. The van der Waals surface area contributed by atoms with Crippen LogP contribution in [0.15, 0.2) is 28.7 Å². The molecule has 0 bridgehead atoms. The number of hydrogen-bond donors (Lipinski definition) is 1. The topological polar surface area (TPSA) is 21.3 Å². The first-order valence-corrected chi connectivity index (χ1v) is 6.57. The summed E-state index contributed by atoms with van der Waals surface area (Å²) in [5.41, 5.74) is 1.34. The molecule has 0 saturated carbocycles. The molecular weight excluding hydrogens is 266 g/mol. The number of nitrogens with one attached hydrogen (secondary N) is 1. The minimum Gasteiger partial charge on any atom is -0.374 e. The molecule has 1 aliphatic rings. The van der Waals surface area contributed by atoms with E-state index in [4.69, 9.17) is 4.74 Å². The van der Waals surface area contributed by atoms with Crippen molar-refractivity contribution in [3.63, 3.8) is 0 Å². The van der Waals surface area contributed by atoms with Crippen LogP contribution in [0.1, 0.15) is 25.3 Å². The third kappa shape index (κ3) is 3.06. The lowest BCUT2D eigenvalue weighted by molar-refractivity contribution is 0.0206. The van der Waals surface area contributed by atoms with E-state index in [1.165, 1.54) is 16.5 Å². The molecule has 1 heterocycles. The highest BCUT2D eigenvalue weighted by atomic mass is 79.9. The Kier molecular flexibility index (Phi) is 4.00. The quantitative estimate of drug-likeness (QED) is 0.917. The number of ether oxygens (including phenoxy) is 1. The maximum absolute atomic E-state index is 5.73. The van der Waals surface area contributed by atoms with Gasteiger partial charge >= 0.3 is 0 Å². The average molecular weight is 284 g/mol. The summed E-state index contributed by atoms with van der Waals surface area (Å²) in [5, 5.41) is 3.47. The normalized spacial score (nSPS) is 24.9. The van der Waals surface area contributed by atoms with Crippen LogP contribution in [-0.2, 0) is 11.3 Å². The van der Waals surface area contributed by atoms with Crippen molar-refractivity contribution >= 4 is 15.9 Å². The van der Waals surface area contributed by atoms with Crippen molar-refractivity contribution in [1.29, 1.82) is 0 Å². The van der Waals surface area contributed by atoms with Gasteiger partial charge in [0.1, 0.15) is 0 Å². The number of rotatable bonds is 4. The fourth-order valence-electron chi connectivity index (χ4n) is 2.08. The Morgan fingerprint density at radius 3 is 2.94 bits per heavy atom. The Labute approximate surface area is 106 Å². The highest BCUT2D eigenvalue weighted by Crippen LogP contribution is 2.24. The molecule has 1 saturated heterocycles. The van der Waals surface area contributed by atoms with Crippen molar-refractivity contribution in [2.45, 2.75) is 31.9 Å². The summed E-state index contributed by atoms with van der Waals surface area (Å²) < 4.78 is 6.90. The van der Waals surface area contributed by atoms with Gasteiger partial charge in [-0.15, -0.1) is 0 Å².